The Morgan fingerprint density at radius 2 is 0.593 bits per heavy atom. The number of carboxylic acids is 1. The molecule has 318 valence electrons. The molecule has 0 atom stereocenters. The van der Waals surface area contributed by atoms with Gasteiger partial charge in [-0.25, -0.2) is 4.79 Å². The van der Waals surface area contributed by atoms with Gasteiger partial charge in [-0.1, -0.05) is 26.2 Å². The summed E-state index contributed by atoms with van der Waals surface area (Å²) in [4.78, 5) is 44.2. The molecule has 1 N–H and O–H groups in total. The van der Waals surface area contributed by atoms with Crippen LogP contribution in [-0.2, 0) is 80.8 Å². The predicted molar refractivity (Wildman–Crippen MR) is 192 cm³/mol. The second-order valence-corrected chi connectivity index (χ2v) is 11.2. The highest BCUT2D eigenvalue weighted by Crippen LogP contribution is 2.03. The van der Waals surface area contributed by atoms with Crippen molar-refractivity contribution in [3.8, 4) is 0 Å². The van der Waals surface area contributed by atoms with E-state index >= 15 is 0 Å². The van der Waals surface area contributed by atoms with Gasteiger partial charge in [0, 0.05) is 12.8 Å². The maximum absolute atomic E-state index is 11.6. The van der Waals surface area contributed by atoms with Crippen molar-refractivity contribution in [2.75, 3.05) is 159 Å². The Bertz CT molecular complexity index is 861. The van der Waals surface area contributed by atoms with E-state index in [0.29, 0.717) is 145 Å². The van der Waals surface area contributed by atoms with Gasteiger partial charge in [-0.15, -0.1) is 0 Å². The van der Waals surface area contributed by atoms with Crippen molar-refractivity contribution in [2.45, 2.75) is 51.9 Å². The summed E-state index contributed by atoms with van der Waals surface area (Å²) >= 11 is 0. The van der Waals surface area contributed by atoms with Gasteiger partial charge in [-0.05, 0) is 6.42 Å². The Morgan fingerprint density at radius 1 is 0.333 bits per heavy atom. The van der Waals surface area contributed by atoms with Crippen LogP contribution in [0.2, 0.25) is 0 Å². The van der Waals surface area contributed by atoms with Gasteiger partial charge in [0.25, 0.3) is 0 Å². The van der Waals surface area contributed by atoms with E-state index in [0.717, 1.165) is 25.7 Å². The molecule has 0 rings (SSSR count). The van der Waals surface area contributed by atoms with Crippen molar-refractivity contribution < 1.29 is 85.9 Å². The van der Waals surface area contributed by atoms with Crippen LogP contribution in [0.5, 0.6) is 0 Å². The maximum Gasteiger partial charge on any atom is 0.372 e. The van der Waals surface area contributed by atoms with Crippen LogP contribution in [0.3, 0.4) is 0 Å². The fourth-order valence-electron chi connectivity index (χ4n) is 3.89. The summed E-state index contributed by atoms with van der Waals surface area (Å²) in [5.74, 6) is -3.41. The van der Waals surface area contributed by atoms with Crippen LogP contribution in [0.4, 0.5) is 0 Å². The lowest BCUT2D eigenvalue weighted by atomic mass is 10.2. The molecule has 0 aromatic heterocycles. The van der Waals surface area contributed by atoms with Gasteiger partial charge in [-0.3, -0.25) is 14.4 Å². The molecule has 0 fully saturated rings. The molecular formula is C36H66O18. The fraction of sp³-hybridized carbons (Fsp3) is 0.889. The van der Waals surface area contributed by atoms with E-state index in [-0.39, 0.29) is 38.6 Å². The van der Waals surface area contributed by atoms with Crippen molar-refractivity contribution in [1.29, 1.82) is 0 Å². The van der Waals surface area contributed by atoms with Gasteiger partial charge < -0.3 is 66.7 Å². The highest BCUT2D eigenvalue weighted by Gasteiger charge is 2.14. The van der Waals surface area contributed by atoms with Gasteiger partial charge in [0.2, 0.25) is 5.78 Å². The highest BCUT2D eigenvalue weighted by molar-refractivity contribution is 6.32. The lowest BCUT2D eigenvalue weighted by Gasteiger charge is -2.09. The highest BCUT2D eigenvalue weighted by atomic mass is 16.6. The topological polar surface area (TPSA) is 208 Å². The number of aliphatic carboxylic acids is 1. The van der Waals surface area contributed by atoms with Crippen LogP contribution in [-0.4, -0.2) is 187 Å². The number of rotatable bonds is 45. The Labute approximate surface area is 319 Å². The van der Waals surface area contributed by atoms with E-state index in [9.17, 15) is 19.2 Å². The molecule has 0 amide bonds. The van der Waals surface area contributed by atoms with Crippen molar-refractivity contribution in [2.24, 2.45) is 0 Å². The Balaban J connectivity index is 3.14. The van der Waals surface area contributed by atoms with Crippen LogP contribution in [0, 0.1) is 0 Å². The molecule has 18 heteroatoms. The van der Waals surface area contributed by atoms with Crippen molar-refractivity contribution >= 4 is 23.7 Å². The van der Waals surface area contributed by atoms with Gasteiger partial charge in [0.05, 0.1) is 152 Å². The number of carbonyl (C=O) groups excluding carboxylic acids is 3. The third kappa shape index (κ3) is 42.4. The summed E-state index contributed by atoms with van der Waals surface area (Å²) in [6.45, 7) is 11.8. The first-order valence-electron chi connectivity index (χ1n) is 18.9. The number of carboxylic acid groups (broad SMARTS) is 1. The fourth-order valence-corrected chi connectivity index (χ4v) is 3.89. The first kappa shape index (κ1) is 51.6. The first-order chi connectivity index (χ1) is 26.5. The van der Waals surface area contributed by atoms with Crippen molar-refractivity contribution in [3.05, 3.63) is 0 Å². The molecule has 54 heavy (non-hydrogen) atoms. The molecule has 0 radical (unpaired) electrons. The third-order valence-corrected chi connectivity index (χ3v) is 6.73. The van der Waals surface area contributed by atoms with Crippen LogP contribution < -0.4 is 0 Å². The summed E-state index contributed by atoms with van der Waals surface area (Å²) in [7, 11) is 0. The zero-order chi connectivity index (χ0) is 39.4. The SMILES string of the molecule is CCCCCCC(=O)OCCOCCOCCOCCOCCOCCOCCOCCOCCOCCOCCOCCOC(=O)CCC(=O)C(=O)O. The average molecular weight is 787 g/mol. The third-order valence-electron chi connectivity index (χ3n) is 6.73. The molecule has 0 aliphatic heterocycles. The second-order valence-electron chi connectivity index (χ2n) is 11.2. The minimum Gasteiger partial charge on any atom is -0.476 e. The zero-order valence-corrected chi connectivity index (χ0v) is 32.3. The van der Waals surface area contributed by atoms with E-state index in [1.807, 2.05) is 0 Å². The molecule has 0 unspecified atom stereocenters. The smallest absolute Gasteiger partial charge is 0.372 e. The minimum absolute atomic E-state index is 0.00923. The van der Waals surface area contributed by atoms with E-state index in [4.69, 9.17) is 66.7 Å². The molecule has 0 aromatic carbocycles. The zero-order valence-electron chi connectivity index (χ0n) is 32.3. The lowest BCUT2D eigenvalue weighted by molar-refractivity contribution is -0.151. The monoisotopic (exact) mass is 786 g/mol. The molecule has 0 saturated carbocycles. The number of esters is 2. The largest absolute Gasteiger partial charge is 0.476 e. The summed E-state index contributed by atoms with van der Waals surface area (Å²) in [5.41, 5.74) is 0. The summed E-state index contributed by atoms with van der Waals surface area (Å²) < 4.78 is 69.6. The number of ether oxygens (including phenoxy) is 13. The van der Waals surface area contributed by atoms with Crippen LogP contribution >= 0.6 is 0 Å². The summed E-state index contributed by atoms with van der Waals surface area (Å²) in [6, 6.07) is 0. The summed E-state index contributed by atoms with van der Waals surface area (Å²) in [6.07, 6.45) is 4.04. The number of ketones is 1. The van der Waals surface area contributed by atoms with Gasteiger partial charge in [-0.2, -0.15) is 0 Å². The summed E-state index contributed by atoms with van der Waals surface area (Å²) in [5, 5.41) is 8.45. The Morgan fingerprint density at radius 3 is 0.852 bits per heavy atom. The van der Waals surface area contributed by atoms with Crippen LogP contribution in [0.1, 0.15) is 51.9 Å². The van der Waals surface area contributed by atoms with E-state index in [1.54, 1.807) is 0 Å². The molecule has 0 bridgehead atoms. The maximum atomic E-state index is 11.6. The Kier molecular flexibility index (Phi) is 41.5. The number of unbranched alkanes of at least 4 members (excludes halogenated alkanes) is 3. The minimum atomic E-state index is -1.57. The molecule has 18 nitrogen and oxygen atoms in total. The van der Waals surface area contributed by atoms with Gasteiger partial charge in [0.15, 0.2) is 0 Å². The van der Waals surface area contributed by atoms with Gasteiger partial charge >= 0.3 is 17.9 Å². The van der Waals surface area contributed by atoms with E-state index < -0.39 is 17.7 Å². The van der Waals surface area contributed by atoms with Crippen molar-refractivity contribution in [3.63, 3.8) is 0 Å². The normalized spacial score (nSPS) is 11.2. The molecule has 0 aromatic rings. The lowest BCUT2D eigenvalue weighted by Crippen LogP contribution is -2.17. The van der Waals surface area contributed by atoms with E-state index in [1.165, 1.54) is 0 Å². The molecule has 0 spiro atoms. The second kappa shape index (κ2) is 43.4. The Hall–Kier alpha value is -2.36. The quantitative estimate of drug-likeness (QED) is 0.0529. The number of hydrogen-bond acceptors (Lipinski definition) is 17. The number of hydrogen-bond donors (Lipinski definition) is 1. The first-order valence-corrected chi connectivity index (χ1v) is 18.9. The predicted octanol–water partition coefficient (Wildman–Crippen LogP) is 1.66. The molecule has 0 heterocycles. The molecule has 0 saturated heterocycles. The van der Waals surface area contributed by atoms with Gasteiger partial charge in [0.1, 0.15) is 13.2 Å². The van der Waals surface area contributed by atoms with Crippen LogP contribution in [0.25, 0.3) is 0 Å². The average Bonchev–Trinajstić information content (AvgIpc) is 3.16. The number of Topliss-reactive ketones (excluding diaryl/α,β-unsaturated/α-hetero) is 1. The van der Waals surface area contributed by atoms with Crippen molar-refractivity contribution in [1.82, 2.24) is 0 Å². The standard InChI is InChI=1S/C36H66O18/c1-2-3-4-5-6-34(38)53-31-29-51-27-25-49-23-21-47-19-17-45-15-13-43-11-9-42-10-12-44-14-16-46-18-20-48-22-24-50-26-28-52-30-32-54-35(39)8-7-33(37)36(40)41/h2-32H2,1H3,(H,40,41). The molecule has 0 aliphatic rings. The molecule has 0 aliphatic carbocycles. The molecular weight excluding hydrogens is 720 g/mol. The number of carbonyl (C=O) groups is 4. The van der Waals surface area contributed by atoms with E-state index in [2.05, 4.69) is 6.92 Å². The van der Waals surface area contributed by atoms with Crippen LogP contribution in [0.15, 0.2) is 0 Å².